The van der Waals surface area contributed by atoms with E-state index in [4.69, 9.17) is 4.74 Å². The second-order valence-corrected chi connectivity index (χ2v) is 11.3. The van der Waals surface area contributed by atoms with Gasteiger partial charge >= 0.3 is 5.97 Å². The van der Waals surface area contributed by atoms with Crippen LogP contribution in [0.4, 0.5) is 0 Å². The molecule has 0 aliphatic carbocycles. The largest absolute Gasteiger partial charge is 0.469 e. The number of nitrogens with zero attached hydrogens (tertiary/aromatic N) is 1. The lowest BCUT2D eigenvalue weighted by Gasteiger charge is -2.34. The number of carbonyl (C=O) groups is 1. The number of esters is 1. The number of hydrogen-bond donors (Lipinski definition) is 0. The number of hydrogen-bond acceptors (Lipinski definition) is 3. The second-order valence-electron chi connectivity index (χ2n) is 6.53. The van der Waals surface area contributed by atoms with Crippen LogP contribution < -0.4 is 0 Å². The van der Waals surface area contributed by atoms with E-state index in [0.717, 1.165) is 32.4 Å². The fraction of sp³-hybridized carbons (Fsp3) is 0.800. The van der Waals surface area contributed by atoms with E-state index in [1.165, 1.54) is 7.11 Å². The SMILES string of the molecule is COC(=O)[C@@H]1CN(C)CC[C@H]1CCC#C[Si](C)(C)C. The maximum atomic E-state index is 11.8. The van der Waals surface area contributed by atoms with Crippen LogP contribution in [0.15, 0.2) is 0 Å². The number of rotatable bonds is 3. The highest BCUT2D eigenvalue weighted by Crippen LogP contribution is 2.27. The molecular weight excluding hydrogens is 254 g/mol. The number of ether oxygens (including phenoxy) is 1. The molecule has 19 heavy (non-hydrogen) atoms. The van der Waals surface area contributed by atoms with Crippen molar-refractivity contribution < 1.29 is 9.53 Å². The molecule has 0 aromatic heterocycles. The quantitative estimate of drug-likeness (QED) is 0.452. The molecule has 1 aliphatic rings. The third-order valence-corrected chi connectivity index (χ3v) is 4.49. The van der Waals surface area contributed by atoms with E-state index in [-0.39, 0.29) is 11.9 Å². The predicted octanol–water partition coefficient (Wildman–Crippen LogP) is 2.39. The first-order chi connectivity index (χ1) is 8.83. The lowest BCUT2D eigenvalue weighted by atomic mass is 9.82. The first kappa shape index (κ1) is 16.3. The van der Waals surface area contributed by atoms with Crippen LogP contribution in [-0.4, -0.2) is 46.2 Å². The van der Waals surface area contributed by atoms with Crippen LogP contribution in [0.25, 0.3) is 0 Å². The average molecular weight is 281 g/mol. The van der Waals surface area contributed by atoms with Crippen molar-refractivity contribution in [1.29, 1.82) is 0 Å². The number of methoxy groups -OCH3 is 1. The predicted molar refractivity (Wildman–Crippen MR) is 81.5 cm³/mol. The fourth-order valence-electron chi connectivity index (χ4n) is 2.51. The number of piperidine rings is 1. The Bertz CT molecular complexity index is 365. The van der Waals surface area contributed by atoms with Gasteiger partial charge in [-0.15, -0.1) is 11.5 Å². The second kappa shape index (κ2) is 7.11. The molecule has 4 heteroatoms. The number of likely N-dealkylation sites (tertiary alicyclic amines) is 1. The Morgan fingerprint density at radius 1 is 1.42 bits per heavy atom. The molecule has 0 aromatic carbocycles. The summed E-state index contributed by atoms with van der Waals surface area (Å²) in [5.74, 6) is 3.70. The number of carbonyl (C=O) groups excluding carboxylic acids is 1. The van der Waals surface area contributed by atoms with Crippen LogP contribution in [0.2, 0.25) is 19.6 Å². The fourth-order valence-corrected chi connectivity index (χ4v) is 3.17. The topological polar surface area (TPSA) is 29.5 Å². The van der Waals surface area contributed by atoms with Gasteiger partial charge in [0.25, 0.3) is 0 Å². The molecule has 0 spiro atoms. The van der Waals surface area contributed by atoms with Crippen molar-refractivity contribution in [3.63, 3.8) is 0 Å². The monoisotopic (exact) mass is 281 g/mol. The highest BCUT2D eigenvalue weighted by atomic mass is 28.3. The zero-order chi connectivity index (χ0) is 14.5. The molecule has 0 saturated carbocycles. The van der Waals surface area contributed by atoms with Gasteiger partial charge in [-0.1, -0.05) is 19.6 Å². The molecule has 0 bridgehead atoms. The van der Waals surface area contributed by atoms with E-state index in [1.54, 1.807) is 0 Å². The summed E-state index contributed by atoms with van der Waals surface area (Å²) in [5, 5.41) is 0. The van der Waals surface area contributed by atoms with E-state index >= 15 is 0 Å². The Morgan fingerprint density at radius 3 is 2.68 bits per heavy atom. The third-order valence-electron chi connectivity index (χ3n) is 3.57. The lowest BCUT2D eigenvalue weighted by Crippen LogP contribution is -2.42. The summed E-state index contributed by atoms with van der Waals surface area (Å²) >= 11 is 0. The van der Waals surface area contributed by atoms with Crippen molar-refractivity contribution in [1.82, 2.24) is 4.90 Å². The van der Waals surface area contributed by atoms with Gasteiger partial charge in [0, 0.05) is 13.0 Å². The van der Waals surface area contributed by atoms with E-state index in [0.29, 0.717) is 5.92 Å². The van der Waals surface area contributed by atoms with Crippen LogP contribution in [0.3, 0.4) is 0 Å². The van der Waals surface area contributed by atoms with Gasteiger partial charge in [-0.05, 0) is 32.4 Å². The molecule has 1 rings (SSSR count). The summed E-state index contributed by atoms with van der Waals surface area (Å²) in [4.78, 5) is 14.1. The average Bonchev–Trinajstić information content (AvgIpc) is 2.33. The van der Waals surface area contributed by atoms with Gasteiger partial charge < -0.3 is 9.64 Å². The maximum Gasteiger partial charge on any atom is 0.310 e. The van der Waals surface area contributed by atoms with E-state index in [9.17, 15) is 4.79 Å². The molecule has 1 saturated heterocycles. The minimum absolute atomic E-state index is 0.0254. The van der Waals surface area contributed by atoms with E-state index in [2.05, 4.69) is 43.1 Å². The maximum absolute atomic E-state index is 11.8. The first-order valence-corrected chi connectivity index (χ1v) is 10.6. The third kappa shape index (κ3) is 5.79. The Kier molecular flexibility index (Phi) is 6.09. The Morgan fingerprint density at radius 2 is 2.11 bits per heavy atom. The molecule has 0 unspecified atom stereocenters. The summed E-state index contributed by atoms with van der Waals surface area (Å²) in [5.41, 5.74) is 3.39. The van der Waals surface area contributed by atoms with Gasteiger partial charge in [-0.3, -0.25) is 4.79 Å². The minimum atomic E-state index is -1.26. The molecule has 1 fully saturated rings. The zero-order valence-electron chi connectivity index (χ0n) is 13.0. The van der Waals surface area contributed by atoms with Crippen LogP contribution in [0.1, 0.15) is 19.3 Å². The summed E-state index contributed by atoms with van der Waals surface area (Å²) in [7, 11) is 2.29. The molecule has 0 amide bonds. The Hall–Kier alpha value is -0.793. The summed E-state index contributed by atoms with van der Waals surface area (Å²) < 4.78 is 4.93. The van der Waals surface area contributed by atoms with Gasteiger partial charge in [0.15, 0.2) is 0 Å². The Balaban J connectivity index is 2.54. The highest BCUT2D eigenvalue weighted by Gasteiger charge is 2.33. The normalized spacial score (nSPS) is 24.5. The van der Waals surface area contributed by atoms with Crippen molar-refractivity contribution in [3.05, 3.63) is 0 Å². The summed E-state index contributed by atoms with van der Waals surface area (Å²) in [6.45, 7) is 8.66. The Labute approximate surface area is 118 Å². The summed E-state index contributed by atoms with van der Waals surface area (Å²) in [6, 6.07) is 0. The van der Waals surface area contributed by atoms with Crippen LogP contribution >= 0.6 is 0 Å². The van der Waals surface area contributed by atoms with Crippen LogP contribution in [-0.2, 0) is 9.53 Å². The molecule has 0 N–H and O–H groups in total. The molecule has 3 nitrogen and oxygen atoms in total. The van der Waals surface area contributed by atoms with Gasteiger partial charge in [0.2, 0.25) is 0 Å². The van der Waals surface area contributed by atoms with Gasteiger partial charge in [-0.2, -0.15) is 0 Å². The van der Waals surface area contributed by atoms with E-state index < -0.39 is 8.07 Å². The van der Waals surface area contributed by atoms with Gasteiger partial charge in [0.05, 0.1) is 13.0 Å². The molecule has 1 heterocycles. The zero-order valence-corrected chi connectivity index (χ0v) is 14.0. The molecule has 0 aromatic rings. The molecular formula is C15H27NO2Si. The first-order valence-electron chi connectivity index (χ1n) is 7.10. The van der Waals surface area contributed by atoms with Gasteiger partial charge in [-0.25, -0.2) is 0 Å². The smallest absolute Gasteiger partial charge is 0.310 e. The lowest BCUT2D eigenvalue weighted by molar-refractivity contribution is -0.149. The van der Waals surface area contributed by atoms with Crippen molar-refractivity contribution in [3.8, 4) is 11.5 Å². The van der Waals surface area contributed by atoms with Crippen molar-refractivity contribution >= 4 is 14.0 Å². The minimum Gasteiger partial charge on any atom is -0.469 e. The standard InChI is InChI=1S/C15H27NO2Si/c1-16-10-9-13(14(12-16)15(17)18-2)8-6-7-11-19(3,4)5/h13-14H,6,8-10,12H2,1-5H3/t13-,14-/m1/s1. The highest BCUT2D eigenvalue weighted by molar-refractivity contribution is 6.83. The van der Waals surface area contributed by atoms with E-state index in [1.807, 2.05) is 0 Å². The van der Waals surface area contributed by atoms with Crippen LogP contribution in [0.5, 0.6) is 0 Å². The van der Waals surface area contributed by atoms with Crippen LogP contribution in [0, 0.1) is 23.3 Å². The molecule has 2 atom stereocenters. The van der Waals surface area contributed by atoms with Crippen molar-refractivity contribution in [2.75, 3.05) is 27.2 Å². The summed E-state index contributed by atoms with van der Waals surface area (Å²) in [6.07, 6.45) is 3.00. The van der Waals surface area contributed by atoms with Crippen molar-refractivity contribution in [2.24, 2.45) is 11.8 Å². The van der Waals surface area contributed by atoms with Crippen molar-refractivity contribution in [2.45, 2.75) is 38.9 Å². The molecule has 1 aliphatic heterocycles. The van der Waals surface area contributed by atoms with Gasteiger partial charge in [0.1, 0.15) is 8.07 Å². The molecule has 0 radical (unpaired) electrons. The molecule has 108 valence electrons.